The zero-order valence-electron chi connectivity index (χ0n) is 16.4. The molecule has 2 aromatic carbocycles. The van der Waals surface area contributed by atoms with Gasteiger partial charge in [-0.05, 0) is 41.5 Å². The van der Waals surface area contributed by atoms with Crippen molar-refractivity contribution in [1.82, 2.24) is 0 Å². The molecule has 0 aromatic heterocycles. The normalized spacial score (nSPS) is 19.1. The van der Waals surface area contributed by atoms with Crippen LogP contribution in [-0.2, 0) is 23.0 Å². The number of hydrogen-bond acceptors (Lipinski definition) is 3. The van der Waals surface area contributed by atoms with E-state index in [1.54, 1.807) is 0 Å². The second-order valence-electron chi connectivity index (χ2n) is 7.33. The van der Waals surface area contributed by atoms with Crippen molar-refractivity contribution < 1.29 is 54.3 Å². The van der Waals surface area contributed by atoms with E-state index in [9.17, 15) is 44.3 Å². The molecule has 14 heteroatoms. The summed E-state index contributed by atoms with van der Waals surface area (Å²) >= 11 is 5.61. The first-order chi connectivity index (χ1) is 15.4. The van der Waals surface area contributed by atoms with Crippen LogP contribution in [0.5, 0.6) is 0 Å². The van der Waals surface area contributed by atoms with Crippen molar-refractivity contribution in [3.05, 3.63) is 69.2 Å². The summed E-state index contributed by atoms with van der Waals surface area (Å²) in [7, 11) is 0. The minimum Gasteiger partial charge on any atom is -0.478 e. The average Bonchev–Trinajstić information content (AvgIpc) is 3.12. The Bertz CT molecular complexity index is 1160. The molecule has 1 N–H and O–H groups in total. The number of alkyl halides is 9. The third-order valence-electron chi connectivity index (χ3n) is 4.94. The highest BCUT2D eigenvalue weighted by atomic mass is 35.5. The number of hydrogen-bond donors (Lipinski definition) is 1. The predicted molar refractivity (Wildman–Crippen MR) is 99.6 cm³/mol. The van der Waals surface area contributed by atoms with Crippen molar-refractivity contribution in [2.24, 2.45) is 5.16 Å². The minimum atomic E-state index is -5.32. The Kier molecular flexibility index (Phi) is 6.31. The van der Waals surface area contributed by atoms with E-state index in [4.69, 9.17) is 16.7 Å². The predicted octanol–water partition coefficient (Wildman–Crippen LogP) is 6.74. The third kappa shape index (κ3) is 5.08. The Morgan fingerprint density at radius 1 is 1.03 bits per heavy atom. The second kappa shape index (κ2) is 8.36. The number of oxime groups is 1. The lowest BCUT2D eigenvalue weighted by Crippen LogP contribution is -2.43. The van der Waals surface area contributed by atoms with Crippen molar-refractivity contribution in [3.8, 4) is 0 Å². The van der Waals surface area contributed by atoms with Gasteiger partial charge in [-0.3, -0.25) is 0 Å². The highest BCUT2D eigenvalue weighted by Gasteiger charge is 2.62. The molecule has 1 aliphatic rings. The molecule has 34 heavy (non-hydrogen) atoms. The molecule has 0 saturated heterocycles. The Morgan fingerprint density at radius 2 is 1.68 bits per heavy atom. The summed E-state index contributed by atoms with van der Waals surface area (Å²) in [6.45, 7) is 0. The largest absolute Gasteiger partial charge is 0.478 e. The van der Waals surface area contributed by atoms with Gasteiger partial charge in [0.15, 0.2) is 0 Å². The Labute approximate surface area is 189 Å². The van der Waals surface area contributed by atoms with E-state index in [-0.39, 0.29) is 11.6 Å². The van der Waals surface area contributed by atoms with Gasteiger partial charge in [0.25, 0.3) is 5.60 Å². The molecule has 0 radical (unpaired) electrons. The van der Waals surface area contributed by atoms with E-state index >= 15 is 0 Å². The van der Waals surface area contributed by atoms with Crippen LogP contribution in [0.25, 0.3) is 0 Å². The maximum atomic E-state index is 14.1. The first kappa shape index (κ1) is 25.7. The Hall–Kier alpha value is -2.96. The SMILES string of the molecule is O=C(O)c1ccc(C2=NOC(c3cc(Cl)cc(C(F)(F)F)c3)(C(F)(F)F)C2)cc1CC(F)(F)F. The molecule has 1 unspecified atom stereocenters. The van der Waals surface area contributed by atoms with Crippen molar-refractivity contribution in [2.45, 2.75) is 37.0 Å². The lowest BCUT2D eigenvalue weighted by atomic mass is 9.85. The van der Waals surface area contributed by atoms with Crippen LogP contribution in [0.1, 0.15) is 39.0 Å². The molecule has 0 spiro atoms. The lowest BCUT2D eigenvalue weighted by molar-refractivity contribution is -0.276. The zero-order valence-corrected chi connectivity index (χ0v) is 17.1. The molecular formula is C20H11ClF9NO3. The molecule has 1 aliphatic heterocycles. The van der Waals surface area contributed by atoms with Crippen LogP contribution in [0.4, 0.5) is 39.5 Å². The van der Waals surface area contributed by atoms with Crippen LogP contribution in [0.3, 0.4) is 0 Å². The van der Waals surface area contributed by atoms with Crippen LogP contribution in [0.15, 0.2) is 41.6 Å². The van der Waals surface area contributed by atoms with Gasteiger partial charge in [0, 0.05) is 17.0 Å². The van der Waals surface area contributed by atoms with Gasteiger partial charge >= 0.3 is 24.5 Å². The molecule has 0 fully saturated rings. The molecule has 1 heterocycles. The molecule has 2 aromatic rings. The van der Waals surface area contributed by atoms with Crippen LogP contribution in [0, 0.1) is 0 Å². The highest BCUT2D eigenvalue weighted by molar-refractivity contribution is 6.30. The molecular weight excluding hydrogens is 509 g/mol. The highest BCUT2D eigenvalue weighted by Crippen LogP contribution is 2.50. The van der Waals surface area contributed by atoms with E-state index in [0.29, 0.717) is 18.2 Å². The van der Waals surface area contributed by atoms with E-state index < -0.39 is 75.9 Å². The molecule has 4 nitrogen and oxygen atoms in total. The fourth-order valence-corrected chi connectivity index (χ4v) is 3.62. The molecule has 0 saturated carbocycles. The van der Waals surface area contributed by atoms with Crippen molar-refractivity contribution in [3.63, 3.8) is 0 Å². The van der Waals surface area contributed by atoms with Gasteiger partial charge in [0.1, 0.15) is 0 Å². The Balaban J connectivity index is 2.08. The fraction of sp³-hybridized carbons (Fsp3) is 0.300. The molecule has 1 atom stereocenters. The van der Waals surface area contributed by atoms with Gasteiger partial charge in [-0.25, -0.2) is 4.79 Å². The standard InChI is InChI=1S/C20H11ClF9NO3/c21-13-5-11(4-12(6-13)19(25,26)27)17(20(28,29)30)8-15(31-34-17)9-1-2-14(16(32)33)10(3-9)7-18(22,23)24/h1-6H,7-8H2,(H,32,33). The zero-order chi connectivity index (χ0) is 25.7. The summed E-state index contributed by atoms with van der Waals surface area (Å²) in [4.78, 5) is 15.8. The minimum absolute atomic E-state index is 0.195. The summed E-state index contributed by atoms with van der Waals surface area (Å²) in [6.07, 6.45) is -18.1. The average molecular weight is 520 g/mol. The van der Waals surface area contributed by atoms with E-state index in [2.05, 4.69) is 9.99 Å². The third-order valence-corrected chi connectivity index (χ3v) is 5.16. The second-order valence-corrected chi connectivity index (χ2v) is 7.76. The monoisotopic (exact) mass is 519 g/mol. The van der Waals surface area contributed by atoms with Crippen LogP contribution in [0.2, 0.25) is 5.02 Å². The van der Waals surface area contributed by atoms with Crippen LogP contribution >= 0.6 is 11.6 Å². The Morgan fingerprint density at radius 3 is 2.21 bits per heavy atom. The van der Waals surface area contributed by atoms with Gasteiger partial charge in [0.2, 0.25) is 0 Å². The van der Waals surface area contributed by atoms with E-state index in [1.807, 2.05) is 0 Å². The van der Waals surface area contributed by atoms with Gasteiger partial charge in [-0.1, -0.05) is 22.8 Å². The summed E-state index contributed by atoms with van der Waals surface area (Å²) in [5, 5.41) is 11.7. The number of rotatable bonds is 4. The van der Waals surface area contributed by atoms with Crippen molar-refractivity contribution in [2.75, 3.05) is 0 Å². The summed E-state index contributed by atoms with van der Waals surface area (Å²) in [6, 6.07) is 3.61. The maximum absolute atomic E-state index is 14.1. The molecule has 0 aliphatic carbocycles. The van der Waals surface area contributed by atoms with Gasteiger partial charge < -0.3 is 9.94 Å². The topological polar surface area (TPSA) is 58.9 Å². The smallest absolute Gasteiger partial charge is 0.435 e. The first-order valence-electron chi connectivity index (χ1n) is 9.06. The van der Waals surface area contributed by atoms with Gasteiger partial charge in [-0.15, -0.1) is 0 Å². The maximum Gasteiger partial charge on any atom is 0.435 e. The van der Waals surface area contributed by atoms with E-state index in [0.717, 1.165) is 12.1 Å². The van der Waals surface area contributed by atoms with E-state index in [1.165, 1.54) is 0 Å². The van der Waals surface area contributed by atoms with Crippen LogP contribution < -0.4 is 0 Å². The first-order valence-corrected chi connectivity index (χ1v) is 9.44. The number of carboxylic acids is 1. The fourth-order valence-electron chi connectivity index (χ4n) is 3.39. The lowest BCUT2D eigenvalue weighted by Gasteiger charge is -2.30. The van der Waals surface area contributed by atoms with Crippen LogP contribution in [-0.4, -0.2) is 29.1 Å². The van der Waals surface area contributed by atoms with Crippen molar-refractivity contribution >= 4 is 23.3 Å². The number of aromatic carboxylic acids is 1. The molecule has 3 rings (SSSR count). The summed E-state index contributed by atoms with van der Waals surface area (Å²) in [5.74, 6) is -1.70. The molecule has 0 bridgehead atoms. The van der Waals surface area contributed by atoms with Gasteiger partial charge in [0.05, 0.1) is 23.3 Å². The van der Waals surface area contributed by atoms with Gasteiger partial charge in [-0.2, -0.15) is 39.5 Å². The number of halogens is 10. The summed E-state index contributed by atoms with van der Waals surface area (Å²) < 4.78 is 120. The molecule has 0 amide bonds. The quantitative estimate of drug-likeness (QED) is 0.455. The van der Waals surface area contributed by atoms with Crippen molar-refractivity contribution in [1.29, 1.82) is 0 Å². The molecule has 184 valence electrons. The summed E-state index contributed by atoms with van der Waals surface area (Å²) in [5.41, 5.74) is -8.26. The number of benzene rings is 2. The number of nitrogens with zero attached hydrogens (tertiary/aromatic N) is 1. The number of carbonyl (C=O) groups is 1. The number of carboxylic acid groups (broad SMARTS) is 1.